The van der Waals surface area contributed by atoms with Gasteiger partial charge in [0, 0.05) is 10.6 Å². The van der Waals surface area contributed by atoms with Crippen molar-refractivity contribution in [1.82, 2.24) is 5.43 Å². The predicted molar refractivity (Wildman–Crippen MR) is 61.2 cm³/mol. The summed E-state index contributed by atoms with van der Waals surface area (Å²) in [7, 11) is 0. The van der Waals surface area contributed by atoms with Gasteiger partial charge in [-0.05, 0) is 23.7 Å². The number of nitrogen functional groups attached to an aromatic ring is 1. The number of ether oxygens (including phenoxy) is 1. The van der Waals surface area contributed by atoms with E-state index in [0.29, 0.717) is 0 Å². The Labute approximate surface area is 97.2 Å². The van der Waals surface area contributed by atoms with Gasteiger partial charge in [0.25, 0.3) is 5.91 Å². The van der Waals surface area contributed by atoms with Crippen molar-refractivity contribution >= 4 is 11.6 Å². The van der Waals surface area contributed by atoms with Gasteiger partial charge in [0.1, 0.15) is 12.4 Å². The van der Waals surface area contributed by atoms with Crippen LogP contribution in [0.1, 0.15) is 10.4 Å². The van der Waals surface area contributed by atoms with Gasteiger partial charge in [-0.3, -0.25) is 10.2 Å². The van der Waals surface area contributed by atoms with E-state index in [4.69, 9.17) is 22.5 Å². The number of rotatable bonds is 4. The molecule has 1 aromatic rings. The fourth-order valence-corrected chi connectivity index (χ4v) is 1.13. The molecule has 3 N–H and O–H groups in total. The molecular formula is C10H9N5O2. The Morgan fingerprint density at radius 2 is 2.47 bits per heavy atom. The monoisotopic (exact) mass is 231 g/mol. The van der Waals surface area contributed by atoms with Gasteiger partial charge in [-0.25, -0.2) is 5.84 Å². The number of azide groups is 1. The summed E-state index contributed by atoms with van der Waals surface area (Å²) in [5.74, 6) is 7.00. The first-order chi connectivity index (χ1) is 8.22. The summed E-state index contributed by atoms with van der Waals surface area (Å²) in [4.78, 5) is 14.1. The lowest BCUT2D eigenvalue weighted by Crippen LogP contribution is -2.30. The first-order valence-electron chi connectivity index (χ1n) is 4.49. The number of hydrogen-bond donors (Lipinski definition) is 2. The summed E-state index contributed by atoms with van der Waals surface area (Å²) in [6.07, 6.45) is 5.05. The van der Waals surface area contributed by atoms with E-state index in [-0.39, 0.29) is 23.6 Å². The Morgan fingerprint density at radius 1 is 1.71 bits per heavy atom. The second kappa shape index (κ2) is 6.02. The Hall–Kier alpha value is -2.68. The molecule has 0 saturated heterocycles. The number of hydrogen-bond acceptors (Lipinski definition) is 4. The minimum atomic E-state index is -0.563. The molecule has 0 aromatic heterocycles. The van der Waals surface area contributed by atoms with Crippen molar-refractivity contribution in [2.24, 2.45) is 11.0 Å². The van der Waals surface area contributed by atoms with Crippen LogP contribution >= 0.6 is 0 Å². The number of nitrogens with two attached hydrogens (primary N) is 1. The molecule has 0 atom stereocenters. The van der Waals surface area contributed by atoms with Crippen LogP contribution in [0, 0.1) is 12.3 Å². The van der Waals surface area contributed by atoms with E-state index in [9.17, 15) is 4.79 Å². The van der Waals surface area contributed by atoms with E-state index < -0.39 is 5.91 Å². The molecule has 7 nitrogen and oxygen atoms in total. The zero-order valence-electron chi connectivity index (χ0n) is 8.75. The third kappa shape index (κ3) is 3.14. The standard InChI is InChI=1S/C10H9N5O2/c1-2-5-17-9-4-3-7(14-15-12)6-8(9)10(16)13-11/h1,3-4,6H,5,11H2,(H,13,16). The lowest BCUT2D eigenvalue weighted by molar-refractivity contribution is 0.0950. The maximum Gasteiger partial charge on any atom is 0.268 e. The summed E-state index contributed by atoms with van der Waals surface area (Å²) >= 11 is 0. The maximum absolute atomic E-state index is 11.5. The third-order valence-corrected chi connectivity index (χ3v) is 1.81. The highest BCUT2D eigenvalue weighted by Gasteiger charge is 2.11. The van der Waals surface area contributed by atoms with Crippen molar-refractivity contribution in [3.8, 4) is 18.1 Å². The van der Waals surface area contributed by atoms with Gasteiger partial charge >= 0.3 is 0 Å². The second-order valence-electron chi connectivity index (χ2n) is 2.84. The summed E-state index contributed by atoms with van der Waals surface area (Å²) in [6.45, 7) is 0.0196. The number of terminal acetylenes is 1. The molecule has 1 amide bonds. The van der Waals surface area contributed by atoms with Crippen LogP contribution in [0.15, 0.2) is 23.3 Å². The van der Waals surface area contributed by atoms with E-state index in [1.807, 2.05) is 5.43 Å². The minimum absolute atomic E-state index is 0.0196. The van der Waals surface area contributed by atoms with Crippen LogP contribution in [0.2, 0.25) is 0 Å². The highest BCUT2D eigenvalue weighted by atomic mass is 16.5. The van der Waals surface area contributed by atoms with Gasteiger partial charge in [0.05, 0.1) is 5.56 Å². The fraction of sp³-hybridized carbons (Fsp3) is 0.100. The topological polar surface area (TPSA) is 113 Å². The van der Waals surface area contributed by atoms with Crippen molar-refractivity contribution in [1.29, 1.82) is 0 Å². The quantitative estimate of drug-likeness (QED) is 0.154. The molecule has 0 heterocycles. The second-order valence-corrected chi connectivity index (χ2v) is 2.84. The minimum Gasteiger partial charge on any atom is -0.480 e. The Kier molecular flexibility index (Phi) is 4.39. The molecule has 0 bridgehead atoms. The highest BCUT2D eigenvalue weighted by Crippen LogP contribution is 2.24. The largest absolute Gasteiger partial charge is 0.480 e. The Balaban J connectivity index is 3.16. The molecule has 0 aliphatic rings. The van der Waals surface area contributed by atoms with Gasteiger partial charge in [-0.15, -0.1) is 6.42 Å². The van der Waals surface area contributed by atoms with E-state index >= 15 is 0 Å². The summed E-state index contributed by atoms with van der Waals surface area (Å²) in [6, 6.07) is 4.33. The molecule has 0 aliphatic carbocycles. The van der Waals surface area contributed by atoms with E-state index in [1.54, 1.807) is 0 Å². The van der Waals surface area contributed by atoms with Gasteiger partial charge in [0.15, 0.2) is 0 Å². The van der Waals surface area contributed by atoms with Crippen molar-refractivity contribution in [2.45, 2.75) is 0 Å². The first-order valence-corrected chi connectivity index (χ1v) is 4.49. The lowest BCUT2D eigenvalue weighted by atomic mass is 10.1. The molecule has 86 valence electrons. The number of benzene rings is 1. The number of carbonyl (C=O) groups excluding carboxylic acids is 1. The number of nitrogens with one attached hydrogen (secondary N) is 1. The van der Waals surface area contributed by atoms with Crippen LogP contribution in [0.3, 0.4) is 0 Å². The van der Waals surface area contributed by atoms with Gasteiger partial charge in [0.2, 0.25) is 0 Å². The molecule has 0 aliphatic heterocycles. The first kappa shape index (κ1) is 12.4. The van der Waals surface area contributed by atoms with Crippen LogP contribution in [0.25, 0.3) is 10.4 Å². The molecule has 1 rings (SSSR count). The van der Waals surface area contributed by atoms with E-state index in [2.05, 4.69) is 15.9 Å². The highest BCUT2D eigenvalue weighted by molar-refractivity contribution is 5.97. The smallest absolute Gasteiger partial charge is 0.268 e. The van der Waals surface area contributed by atoms with Crippen molar-refractivity contribution < 1.29 is 9.53 Å². The number of carbonyl (C=O) groups is 1. The lowest BCUT2D eigenvalue weighted by Gasteiger charge is -2.08. The summed E-state index contributed by atoms with van der Waals surface area (Å²) < 4.78 is 5.16. The molecular weight excluding hydrogens is 222 g/mol. The molecule has 0 fully saturated rings. The number of nitrogens with zero attached hydrogens (tertiary/aromatic N) is 3. The van der Waals surface area contributed by atoms with Crippen LogP contribution in [-0.2, 0) is 0 Å². The van der Waals surface area contributed by atoms with E-state index in [1.165, 1.54) is 18.2 Å². The molecule has 0 spiro atoms. The van der Waals surface area contributed by atoms with Gasteiger partial charge < -0.3 is 4.74 Å². The van der Waals surface area contributed by atoms with Crippen molar-refractivity contribution in [2.75, 3.05) is 6.61 Å². The maximum atomic E-state index is 11.5. The SMILES string of the molecule is C#CCOc1ccc(N=[N+]=[N-])cc1C(=O)NN. The number of amides is 1. The normalized spacial score (nSPS) is 8.71. The number of hydrazine groups is 1. The predicted octanol–water partition coefficient (Wildman–Crippen LogP) is 1.24. The Bertz CT molecular complexity index is 514. The Morgan fingerprint density at radius 3 is 3.06 bits per heavy atom. The molecule has 17 heavy (non-hydrogen) atoms. The fourth-order valence-electron chi connectivity index (χ4n) is 1.13. The molecule has 7 heteroatoms. The molecule has 0 unspecified atom stereocenters. The van der Waals surface area contributed by atoms with Gasteiger partial charge in [-0.2, -0.15) is 0 Å². The average molecular weight is 231 g/mol. The molecule has 1 aromatic carbocycles. The van der Waals surface area contributed by atoms with Crippen LogP contribution in [-0.4, -0.2) is 12.5 Å². The van der Waals surface area contributed by atoms with Crippen LogP contribution in [0.5, 0.6) is 5.75 Å². The van der Waals surface area contributed by atoms with Crippen LogP contribution in [0.4, 0.5) is 5.69 Å². The molecule has 0 radical (unpaired) electrons. The van der Waals surface area contributed by atoms with Crippen LogP contribution < -0.4 is 16.0 Å². The average Bonchev–Trinajstić information content (AvgIpc) is 2.36. The van der Waals surface area contributed by atoms with Gasteiger partial charge in [-0.1, -0.05) is 11.0 Å². The summed E-state index contributed by atoms with van der Waals surface area (Å²) in [5, 5.41) is 3.37. The van der Waals surface area contributed by atoms with E-state index in [0.717, 1.165) is 0 Å². The van der Waals surface area contributed by atoms with Crippen molar-refractivity contribution in [3.05, 3.63) is 34.2 Å². The summed E-state index contributed by atoms with van der Waals surface area (Å²) in [5.41, 5.74) is 10.7. The molecule has 0 saturated carbocycles. The van der Waals surface area contributed by atoms with Crippen molar-refractivity contribution in [3.63, 3.8) is 0 Å². The zero-order valence-corrected chi connectivity index (χ0v) is 8.75. The third-order valence-electron chi connectivity index (χ3n) is 1.81. The zero-order chi connectivity index (χ0) is 12.7.